The molecule has 2 aromatic rings. The van der Waals surface area contributed by atoms with E-state index in [0.29, 0.717) is 6.54 Å². The minimum atomic E-state index is -0.337. The number of carbonyl (C=O) groups is 1. The Hall–Kier alpha value is -2.18. The molecular weight excluding hydrogens is 352 g/mol. The van der Waals surface area contributed by atoms with Crippen LogP contribution >= 0.6 is 0 Å². The van der Waals surface area contributed by atoms with Gasteiger partial charge in [0.15, 0.2) is 0 Å². The lowest BCUT2D eigenvalue weighted by Gasteiger charge is -2.46. The normalized spacial score (nSPS) is 20.0. The molecule has 0 spiro atoms. The van der Waals surface area contributed by atoms with E-state index in [4.69, 9.17) is 4.74 Å². The molecule has 1 amide bonds. The minimum Gasteiger partial charge on any atom is -0.379 e. The van der Waals surface area contributed by atoms with Crippen LogP contribution in [0.5, 0.6) is 0 Å². The maximum absolute atomic E-state index is 13.2. The predicted octanol–water partition coefficient (Wildman–Crippen LogP) is 2.57. The molecule has 1 saturated carbocycles. The average Bonchev–Trinajstić information content (AvgIpc) is 3.24. The number of amides is 1. The van der Waals surface area contributed by atoms with E-state index in [2.05, 4.69) is 15.3 Å². The van der Waals surface area contributed by atoms with Crippen molar-refractivity contribution in [3.63, 3.8) is 0 Å². The van der Waals surface area contributed by atoms with Gasteiger partial charge in [0.25, 0.3) is 0 Å². The van der Waals surface area contributed by atoms with Gasteiger partial charge in [0.2, 0.25) is 5.91 Å². The van der Waals surface area contributed by atoms with E-state index in [1.54, 1.807) is 0 Å². The molecule has 1 aromatic heterocycles. The average molecular weight is 383 g/mol. The summed E-state index contributed by atoms with van der Waals surface area (Å²) >= 11 is 0. The van der Waals surface area contributed by atoms with Crippen LogP contribution in [0.3, 0.4) is 0 Å². The monoisotopic (exact) mass is 382 g/mol. The summed E-state index contributed by atoms with van der Waals surface area (Å²) in [7, 11) is 0. The van der Waals surface area contributed by atoms with Crippen LogP contribution in [-0.2, 0) is 16.0 Å². The number of nitrogens with one attached hydrogen (secondary N) is 1. The first-order valence-electron chi connectivity index (χ1n) is 10.5. The Bertz CT molecular complexity index is 762. The highest BCUT2D eigenvalue weighted by atomic mass is 16.5. The molecule has 0 unspecified atom stereocenters. The van der Waals surface area contributed by atoms with Crippen LogP contribution in [0.15, 0.2) is 42.7 Å². The van der Waals surface area contributed by atoms with Gasteiger partial charge in [-0.15, -0.1) is 0 Å². The molecule has 1 saturated heterocycles. The fourth-order valence-corrected chi connectivity index (χ4v) is 4.51. The van der Waals surface area contributed by atoms with Gasteiger partial charge in [-0.05, 0) is 37.0 Å². The third kappa shape index (κ3) is 4.13. The number of hydrogen-bond acceptors (Lipinski definition) is 4. The number of carbonyl (C=O) groups excluding carboxylic acids is 1. The van der Waals surface area contributed by atoms with E-state index in [9.17, 15) is 4.79 Å². The summed E-state index contributed by atoms with van der Waals surface area (Å²) < 4.78 is 7.39. The minimum absolute atomic E-state index is 0.199. The summed E-state index contributed by atoms with van der Waals surface area (Å²) in [5.74, 6) is 0.199. The molecular formula is C22H30N4O2. The van der Waals surface area contributed by atoms with Crippen LogP contribution in [0.2, 0.25) is 0 Å². The van der Waals surface area contributed by atoms with Crippen molar-refractivity contribution in [2.75, 3.05) is 32.8 Å². The molecule has 150 valence electrons. The highest BCUT2D eigenvalue weighted by Crippen LogP contribution is 2.34. The Balaban J connectivity index is 1.35. The molecule has 4 rings (SSSR count). The van der Waals surface area contributed by atoms with Crippen LogP contribution in [0.1, 0.15) is 37.7 Å². The van der Waals surface area contributed by atoms with Crippen LogP contribution in [0.4, 0.5) is 0 Å². The fraction of sp³-hybridized carbons (Fsp3) is 0.545. The zero-order chi connectivity index (χ0) is 19.2. The van der Waals surface area contributed by atoms with Crippen molar-refractivity contribution in [2.45, 2.75) is 44.1 Å². The first-order chi connectivity index (χ1) is 13.8. The summed E-state index contributed by atoms with van der Waals surface area (Å²) in [6.07, 6.45) is 10.1. The lowest BCUT2D eigenvalue weighted by molar-refractivity contribution is -0.140. The highest BCUT2D eigenvalue weighted by molar-refractivity contribution is 5.86. The quantitative estimate of drug-likeness (QED) is 0.834. The number of morpholine rings is 1. The topological polar surface area (TPSA) is 59.4 Å². The molecule has 2 heterocycles. The van der Waals surface area contributed by atoms with Gasteiger partial charge >= 0.3 is 0 Å². The first-order valence-corrected chi connectivity index (χ1v) is 10.5. The largest absolute Gasteiger partial charge is 0.379 e. The number of benzene rings is 1. The molecule has 0 radical (unpaired) electrons. The van der Waals surface area contributed by atoms with Gasteiger partial charge in [-0.3, -0.25) is 9.69 Å². The van der Waals surface area contributed by atoms with Crippen LogP contribution in [0.25, 0.3) is 5.69 Å². The summed E-state index contributed by atoms with van der Waals surface area (Å²) in [6.45, 7) is 3.82. The Labute approximate surface area is 166 Å². The molecule has 0 bridgehead atoms. The Morgan fingerprint density at radius 3 is 2.61 bits per heavy atom. The molecule has 2 aliphatic rings. The molecule has 0 atom stereocenters. The number of rotatable bonds is 6. The maximum atomic E-state index is 13.2. The van der Waals surface area contributed by atoms with Crippen LogP contribution in [0, 0.1) is 0 Å². The zero-order valence-corrected chi connectivity index (χ0v) is 16.5. The fourth-order valence-electron chi connectivity index (χ4n) is 4.51. The number of para-hydroxylation sites is 1. The van der Waals surface area contributed by atoms with Crippen molar-refractivity contribution >= 4 is 5.91 Å². The van der Waals surface area contributed by atoms with Crippen molar-refractivity contribution in [1.82, 2.24) is 20.0 Å². The Kier molecular flexibility index (Phi) is 6.07. The van der Waals surface area contributed by atoms with E-state index in [0.717, 1.165) is 69.7 Å². The molecule has 2 fully saturated rings. The number of aromatic nitrogens is 2. The Morgan fingerprint density at radius 2 is 1.86 bits per heavy atom. The number of ether oxygens (including phenoxy) is 1. The van der Waals surface area contributed by atoms with Gasteiger partial charge < -0.3 is 10.1 Å². The zero-order valence-electron chi connectivity index (χ0n) is 16.5. The second-order valence-electron chi connectivity index (χ2n) is 7.83. The third-order valence-electron chi connectivity index (χ3n) is 6.08. The lowest BCUT2D eigenvalue weighted by atomic mass is 9.79. The molecule has 6 nitrogen and oxygen atoms in total. The van der Waals surface area contributed by atoms with Gasteiger partial charge in [-0.25, -0.2) is 4.68 Å². The van der Waals surface area contributed by atoms with Gasteiger partial charge in [0.05, 0.1) is 25.1 Å². The van der Waals surface area contributed by atoms with E-state index in [1.807, 2.05) is 47.4 Å². The molecule has 1 N–H and O–H groups in total. The Morgan fingerprint density at radius 1 is 1.11 bits per heavy atom. The number of hydrogen-bond donors (Lipinski definition) is 1. The van der Waals surface area contributed by atoms with E-state index >= 15 is 0 Å². The summed E-state index contributed by atoms with van der Waals surface area (Å²) in [5.41, 5.74) is 1.84. The van der Waals surface area contributed by atoms with Gasteiger partial charge in [-0.2, -0.15) is 5.10 Å². The van der Waals surface area contributed by atoms with Crippen molar-refractivity contribution in [2.24, 2.45) is 0 Å². The van der Waals surface area contributed by atoms with E-state index in [-0.39, 0.29) is 11.4 Å². The second-order valence-corrected chi connectivity index (χ2v) is 7.83. The van der Waals surface area contributed by atoms with E-state index in [1.165, 1.54) is 6.42 Å². The van der Waals surface area contributed by atoms with Crippen molar-refractivity contribution in [1.29, 1.82) is 0 Å². The highest BCUT2D eigenvalue weighted by Gasteiger charge is 2.44. The number of nitrogens with zero attached hydrogens (tertiary/aromatic N) is 3. The van der Waals surface area contributed by atoms with Crippen LogP contribution in [-0.4, -0.2) is 59.0 Å². The van der Waals surface area contributed by atoms with Gasteiger partial charge in [-0.1, -0.05) is 37.5 Å². The predicted molar refractivity (Wildman–Crippen MR) is 108 cm³/mol. The first kappa shape index (κ1) is 19.2. The summed E-state index contributed by atoms with van der Waals surface area (Å²) in [4.78, 5) is 15.6. The maximum Gasteiger partial charge on any atom is 0.240 e. The molecule has 1 aromatic carbocycles. The van der Waals surface area contributed by atoms with Crippen molar-refractivity contribution in [3.05, 3.63) is 48.3 Å². The van der Waals surface area contributed by atoms with Crippen molar-refractivity contribution in [3.8, 4) is 5.69 Å². The standard InChI is InChI=1S/C22H30N4O2/c27-21(22(10-5-2-6-11-22)25-13-15-28-16-14-25)23-12-9-19-17-24-26(18-19)20-7-3-1-4-8-20/h1,3-4,7-8,17-18H,2,5-6,9-16H2,(H,23,27). The smallest absolute Gasteiger partial charge is 0.240 e. The van der Waals surface area contributed by atoms with Crippen molar-refractivity contribution < 1.29 is 9.53 Å². The molecule has 1 aliphatic carbocycles. The SMILES string of the molecule is O=C(NCCc1cnn(-c2ccccc2)c1)C1(N2CCOCC2)CCCCC1. The summed E-state index contributed by atoms with van der Waals surface area (Å²) in [5, 5.41) is 7.67. The van der Waals surface area contributed by atoms with Crippen LogP contribution < -0.4 is 5.32 Å². The molecule has 1 aliphatic heterocycles. The van der Waals surface area contributed by atoms with E-state index < -0.39 is 0 Å². The molecule has 6 heteroatoms. The van der Waals surface area contributed by atoms with Gasteiger partial charge in [0, 0.05) is 25.8 Å². The van der Waals surface area contributed by atoms with Gasteiger partial charge in [0.1, 0.15) is 5.54 Å². The second kappa shape index (κ2) is 8.88. The third-order valence-corrected chi connectivity index (χ3v) is 6.08. The lowest BCUT2D eigenvalue weighted by Crippen LogP contribution is -2.62. The summed E-state index contributed by atoms with van der Waals surface area (Å²) in [6, 6.07) is 10.1. The molecule has 28 heavy (non-hydrogen) atoms.